The van der Waals surface area contributed by atoms with Gasteiger partial charge in [0.2, 0.25) is 5.91 Å². The molecular formula is C13H16N2O2. The Morgan fingerprint density at radius 1 is 1.41 bits per heavy atom. The van der Waals surface area contributed by atoms with Crippen LogP contribution in [0.4, 0.5) is 5.69 Å². The second-order valence-electron chi connectivity index (χ2n) is 4.85. The lowest BCUT2D eigenvalue weighted by molar-refractivity contribution is -0.139. The van der Waals surface area contributed by atoms with Crippen LogP contribution in [0, 0.1) is 5.92 Å². The number of nitrogens with one attached hydrogen (secondary N) is 1. The summed E-state index contributed by atoms with van der Waals surface area (Å²) < 4.78 is 0. The molecule has 2 N–H and O–H groups in total. The highest BCUT2D eigenvalue weighted by atomic mass is 16.3. The average molecular weight is 232 g/mol. The van der Waals surface area contributed by atoms with E-state index in [2.05, 4.69) is 11.4 Å². The van der Waals surface area contributed by atoms with E-state index in [0.717, 1.165) is 12.1 Å². The molecule has 90 valence electrons. The van der Waals surface area contributed by atoms with Crippen molar-refractivity contribution in [2.75, 3.05) is 25.0 Å². The molecule has 0 aliphatic carbocycles. The predicted octanol–water partition coefficient (Wildman–Crippen LogP) is 0.474. The SMILES string of the molecule is O=C(C1Cc2ccccc2N1)N1CC(CO)C1. The summed E-state index contributed by atoms with van der Waals surface area (Å²) in [6.45, 7) is 1.58. The van der Waals surface area contributed by atoms with Crippen LogP contribution < -0.4 is 5.32 Å². The van der Waals surface area contributed by atoms with E-state index < -0.39 is 0 Å². The fourth-order valence-electron chi connectivity index (χ4n) is 2.53. The first-order chi connectivity index (χ1) is 8.28. The first-order valence-electron chi connectivity index (χ1n) is 6.02. The number of anilines is 1. The lowest BCUT2D eigenvalue weighted by atomic mass is 9.99. The fraction of sp³-hybridized carbons (Fsp3) is 0.462. The summed E-state index contributed by atoms with van der Waals surface area (Å²) in [5.74, 6) is 0.439. The first kappa shape index (κ1) is 10.6. The molecule has 2 aliphatic heterocycles. The van der Waals surface area contributed by atoms with E-state index in [1.807, 2.05) is 23.1 Å². The number of benzene rings is 1. The Bertz CT molecular complexity index is 416. The molecule has 1 aromatic rings. The van der Waals surface area contributed by atoms with Gasteiger partial charge in [0.15, 0.2) is 0 Å². The van der Waals surface area contributed by atoms with Crippen LogP contribution in [-0.4, -0.2) is 41.7 Å². The van der Waals surface area contributed by atoms with Gasteiger partial charge in [-0.25, -0.2) is 0 Å². The highest BCUT2D eigenvalue weighted by Crippen LogP contribution is 2.27. The van der Waals surface area contributed by atoms with E-state index in [4.69, 9.17) is 5.11 Å². The minimum atomic E-state index is -0.118. The number of hydrogen-bond donors (Lipinski definition) is 2. The maximum Gasteiger partial charge on any atom is 0.245 e. The Morgan fingerprint density at radius 2 is 2.18 bits per heavy atom. The molecule has 4 heteroatoms. The lowest BCUT2D eigenvalue weighted by Crippen LogP contribution is -2.55. The predicted molar refractivity (Wildman–Crippen MR) is 64.7 cm³/mol. The van der Waals surface area contributed by atoms with Gasteiger partial charge in [-0.05, 0) is 11.6 Å². The Balaban J connectivity index is 1.63. The summed E-state index contributed by atoms with van der Waals surface area (Å²) in [7, 11) is 0. The molecule has 0 bridgehead atoms. The molecule has 0 radical (unpaired) electrons. The Kier molecular flexibility index (Phi) is 2.52. The quantitative estimate of drug-likeness (QED) is 0.779. The number of likely N-dealkylation sites (tertiary alicyclic amines) is 1. The van der Waals surface area contributed by atoms with Crippen molar-refractivity contribution in [3.63, 3.8) is 0 Å². The van der Waals surface area contributed by atoms with Gasteiger partial charge >= 0.3 is 0 Å². The Labute approximate surface area is 100 Å². The maximum absolute atomic E-state index is 12.1. The molecule has 1 atom stereocenters. The Hall–Kier alpha value is -1.55. The van der Waals surface area contributed by atoms with Crippen molar-refractivity contribution < 1.29 is 9.90 Å². The molecule has 1 saturated heterocycles. The number of fused-ring (bicyclic) bond motifs is 1. The van der Waals surface area contributed by atoms with E-state index in [-0.39, 0.29) is 24.5 Å². The molecule has 0 spiro atoms. The highest BCUT2D eigenvalue weighted by molar-refractivity contribution is 5.88. The second kappa shape index (κ2) is 4.04. The van der Waals surface area contributed by atoms with Gasteiger partial charge in [-0.1, -0.05) is 18.2 Å². The van der Waals surface area contributed by atoms with Gasteiger partial charge in [0.25, 0.3) is 0 Å². The topological polar surface area (TPSA) is 52.6 Å². The van der Waals surface area contributed by atoms with Crippen LogP contribution in [0.5, 0.6) is 0 Å². The molecule has 1 fully saturated rings. The van der Waals surface area contributed by atoms with Crippen molar-refractivity contribution >= 4 is 11.6 Å². The number of aliphatic hydroxyl groups excluding tert-OH is 1. The molecule has 0 aromatic heterocycles. The van der Waals surface area contributed by atoms with E-state index >= 15 is 0 Å². The number of carbonyl (C=O) groups is 1. The number of para-hydroxylation sites is 1. The second-order valence-corrected chi connectivity index (χ2v) is 4.85. The van der Waals surface area contributed by atoms with Gasteiger partial charge in [-0.15, -0.1) is 0 Å². The lowest BCUT2D eigenvalue weighted by Gasteiger charge is -2.39. The van der Waals surface area contributed by atoms with E-state index in [0.29, 0.717) is 13.1 Å². The number of carbonyl (C=O) groups excluding carboxylic acids is 1. The summed E-state index contributed by atoms with van der Waals surface area (Å²) in [5, 5.41) is 12.2. The highest BCUT2D eigenvalue weighted by Gasteiger charge is 2.36. The monoisotopic (exact) mass is 232 g/mol. The van der Waals surface area contributed by atoms with E-state index in [1.54, 1.807) is 0 Å². The minimum absolute atomic E-state index is 0.118. The van der Waals surface area contributed by atoms with Crippen LogP contribution in [-0.2, 0) is 11.2 Å². The maximum atomic E-state index is 12.1. The van der Waals surface area contributed by atoms with Crippen LogP contribution in [0.15, 0.2) is 24.3 Å². The fourth-order valence-corrected chi connectivity index (χ4v) is 2.53. The van der Waals surface area contributed by atoms with Crippen LogP contribution in [0.25, 0.3) is 0 Å². The number of rotatable bonds is 2. The van der Waals surface area contributed by atoms with E-state index in [9.17, 15) is 4.79 Å². The summed E-state index contributed by atoms with van der Waals surface area (Å²) in [4.78, 5) is 14.0. The van der Waals surface area contributed by atoms with Gasteiger partial charge in [0.05, 0.1) is 0 Å². The van der Waals surface area contributed by atoms with Crippen molar-refractivity contribution in [3.8, 4) is 0 Å². The summed E-state index contributed by atoms with van der Waals surface area (Å²) in [6, 6.07) is 7.92. The largest absolute Gasteiger partial charge is 0.396 e. The van der Waals surface area contributed by atoms with Crippen molar-refractivity contribution in [1.29, 1.82) is 0 Å². The van der Waals surface area contributed by atoms with Crippen LogP contribution in [0.1, 0.15) is 5.56 Å². The molecule has 0 saturated carbocycles. The molecule has 1 unspecified atom stereocenters. The van der Waals surface area contributed by atoms with Crippen LogP contribution in [0.3, 0.4) is 0 Å². The first-order valence-corrected chi connectivity index (χ1v) is 6.02. The molecule has 17 heavy (non-hydrogen) atoms. The van der Waals surface area contributed by atoms with Gasteiger partial charge in [0, 0.05) is 37.7 Å². The number of nitrogens with zero attached hydrogens (tertiary/aromatic N) is 1. The van der Waals surface area contributed by atoms with Gasteiger partial charge < -0.3 is 15.3 Å². The molecule has 2 aliphatic rings. The minimum Gasteiger partial charge on any atom is -0.396 e. The van der Waals surface area contributed by atoms with Crippen molar-refractivity contribution in [1.82, 2.24) is 4.90 Å². The summed E-state index contributed by atoms with van der Waals surface area (Å²) in [6.07, 6.45) is 0.773. The van der Waals surface area contributed by atoms with Crippen molar-refractivity contribution in [3.05, 3.63) is 29.8 Å². The molecule has 4 nitrogen and oxygen atoms in total. The third-order valence-electron chi connectivity index (χ3n) is 3.60. The molecule has 3 rings (SSSR count). The summed E-state index contributed by atoms with van der Waals surface area (Å²) >= 11 is 0. The Morgan fingerprint density at radius 3 is 2.88 bits per heavy atom. The van der Waals surface area contributed by atoms with E-state index in [1.165, 1.54) is 5.56 Å². The smallest absolute Gasteiger partial charge is 0.245 e. The zero-order valence-corrected chi connectivity index (χ0v) is 9.60. The van der Waals surface area contributed by atoms with Gasteiger partial charge in [-0.3, -0.25) is 4.79 Å². The molecule has 2 heterocycles. The van der Waals surface area contributed by atoms with Gasteiger partial charge in [0.1, 0.15) is 6.04 Å². The van der Waals surface area contributed by atoms with Gasteiger partial charge in [-0.2, -0.15) is 0 Å². The normalized spacial score (nSPS) is 22.9. The zero-order chi connectivity index (χ0) is 11.8. The molecule has 1 amide bonds. The number of amides is 1. The number of aliphatic hydroxyl groups is 1. The van der Waals surface area contributed by atoms with Crippen molar-refractivity contribution in [2.45, 2.75) is 12.5 Å². The number of hydrogen-bond acceptors (Lipinski definition) is 3. The average Bonchev–Trinajstić information content (AvgIpc) is 2.71. The van der Waals surface area contributed by atoms with Crippen LogP contribution in [0.2, 0.25) is 0 Å². The van der Waals surface area contributed by atoms with Crippen molar-refractivity contribution in [2.24, 2.45) is 5.92 Å². The standard InChI is InChI=1S/C13H16N2O2/c16-8-9-6-15(7-9)13(17)12-5-10-3-1-2-4-11(10)14-12/h1-4,9,12,14,16H,5-8H2. The molecule has 1 aromatic carbocycles. The third kappa shape index (κ3) is 1.78. The third-order valence-corrected chi connectivity index (χ3v) is 3.60. The summed E-state index contributed by atoms with van der Waals surface area (Å²) in [5.41, 5.74) is 2.29. The molecular weight excluding hydrogens is 216 g/mol. The zero-order valence-electron chi connectivity index (χ0n) is 9.60. The van der Waals surface area contributed by atoms with Crippen LogP contribution >= 0.6 is 0 Å².